The largest absolute Gasteiger partial charge is 0.396 e. The highest BCUT2D eigenvalue weighted by molar-refractivity contribution is 6.01. The topological polar surface area (TPSA) is 78.9 Å². The van der Waals surface area contributed by atoms with Crippen LogP contribution < -0.4 is 10.2 Å². The van der Waals surface area contributed by atoms with Crippen molar-refractivity contribution in [1.82, 2.24) is 5.32 Å². The van der Waals surface area contributed by atoms with Crippen LogP contribution >= 0.6 is 0 Å². The van der Waals surface area contributed by atoms with Crippen LogP contribution in [0.1, 0.15) is 50.0 Å². The molecule has 1 aromatic rings. The fourth-order valence-corrected chi connectivity index (χ4v) is 4.68. The molecule has 0 aliphatic carbocycles. The number of aliphatic hydroxyl groups is 1. The van der Waals surface area contributed by atoms with Crippen LogP contribution in [0.2, 0.25) is 0 Å². The fourth-order valence-electron chi connectivity index (χ4n) is 4.68. The van der Waals surface area contributed by atoms with Crippen LogP contribution in [0.4, 0.5) is 14.5 Å². The van der Waals surface area contributed by atoms with E-state index in [0.29, 0.717) is 25.4 Å². The number of carbonyl (C=O) groups is 2. The van der Waals surface area contributed by atoms with Crippen LogP contribution in [0.3, 0.4) is 0 Å². The number of anilines is 1. The van der Waals surface area contributed by atoms with E-state index in [9.17, 15) is 23.5 Å². The summed E-state index contributed by atoms with van der Waals surface area (Å²) in [7, 11) is 0. The van der Waals surface area contributed by atoms with E-state index in [0.717, 1.165) is 25.7 Å². The predicted molar refractivity (Wildman–Crippen MR) is 101 cm³/mol. The number of nitrogens with zero attached hydrogens (tertiary/aromatic N) is 1. The number of aliphatic hydroxyl groups excluding tert-OH is 1. The van der Waals surface area contributed by atoms with Crippen LogP contribution in [0.25, 0.3) is 0 Å². The molecule has 0 radical (unpaired) electrons. The molecular formula is C21H26F2N2O4. The van der Waals surface area contributed by atoms with Gasteiger partial charge < -0.3 is 14.7 Å². The van der Waals surface area contributed by atoms with Crippen LogP contribution in [0, 0.1) is 17.6 Å². The van der Waals surface area contributed by atoms with Crippen molar-refractivity contribution >= 4 is 17.5 Å². The first kappa shape index (κ1) is 20.2. The van der Waals surface area contributed by atoms with E-state index in [1.165, 1.54) is 12.1 Å². The zero-order valence-electron chi connectivity index (χ0n) is 16.3. The number of hydrogen-bond donors (Lipinski definition) is 2. The van der Waals surface area contributed by atoms with E-state index in [4.69, 9.17) is 4.74 Å². The Labute approximate surface area is 168 Å². The second-order valence-corrected chi connectivity index (χ2v) is 8.40. The Balaban J connectivity index is 1.45. The molecule has 29 heavy (non-hydrogen) atoms. The number of imide groups is 1. The first-order chi connectivity index (χ1) is 13.9. The van der Waals surface area contributed by atoms with Crippen LogP contribution in [0.15, 0.2) is 12.1 Å². The van der Waals surface area contributed by atoms with Crippen molar-refractivity contribution in [1.29, 1.82) is 0 Å². The summed E-state index contributed by atoms with van der Waals surface area (Å²) >= 11 is 0. The Hall–Kier alpha value is -2.06. The van der Waals surface area contributed by atoms with Crippen LogP contribution in [-0.4, -0.2) is 48.8 Å². The van der Waals surface area contributed by atoms with Crippen molar-refractivity contribution in [3.63, 3.8) is 0 Å². The van der Waals surface area contributed by atoms with Crippen LogP contribution in [-0.2, 0) is 14.3 Å². The Bertz CT molecular complexity index is 775. The van der Waals surface area contributed by atoms with Gasteiger partial charge in [0.2, 0.25) is 11.8 Å². The molecule has 0 saturated carbocycles. The number of nitrogens with one attached hydrogen (secondary N) is 1. The lowest BCUT2D eigenvalue weighted by Gasteiger charge is -2.46. The predicted octanol–water partition coefficient (Wildman–Crippen LogP) is 2.24. The minimum Gasteiger partial charge on any atom is -0.396 e. The summed E-state index contributed by atoms with van der Waals surface area (Å²) in [5.41, 5.74) is -0.0147. The van der Waals surface area contributed by atoms with Crippen molar-refractivity contribution < 1.29 is 28.2 Å². The van der Waals surface area contributed by atoms with Crippen molar-refractivity contribution in [3.05, 3.63) is 29.3 Å². The van der Waals surface area contributed by atoms with Gasteiger partial charge in [0.1, 0.15) is 11.6 Å². The van der Waals surface area contributed by atoms with Gasteiger partial charge in [0.25, 0.3) is 0 Å². The van der Waals surface area contributed by atoms with Gasteiger partial charge in [-0.05, 0) is 44.2 Å². The normalized spacial score (nSPS) is 27.2. The Kier molecular flexibility index (Phi) is 5.57. The molecule has 8 heteroatoms. The molecule has 1 unspecified atom stereocenters. The number of carbonyl (C=O) groups excluding carboxylic acids is 2. The smallest absolute Gasteiger partial charge is 0.234 e. The molecule has 0 aromatic heterocycles. The van der Waals surface area contributed by atoms with Gasteiger partial charge in [-0.25, -0.2) is 8.78 Å². The lowest BCUT2D eigenvalue weighted by Crippen LogP contribution is -2.49. The van der Waals surface area contributed by atoms with Crippen molar-refractivity contribution in [2.45, 2.75) is 50.0 Å². The number of ether oxygens (including phenoxy) is 1. The minimum atomic E-state index is -0.985. The molecule has 1 aromatic carbocycles. The molecule has 3 aliphatic rings. The molecule has 3 aliphatic heterocycles. The van der Waals surface area contributed by atoms with Gasteiger partial charge in [0.15, 0.2) is 0 Å². The van der Waals surface area contributed by atoms with Crippen LogP contribution in [0.5, 0.6) is 0 Å². The molecule has 2 atom stereocenters. The van der Waals surface area contributed by atoms with E-state index in [1.54, 1.807) is 0 Å². The number of rotatable bonds is 3. The molecular weight excluding hydrogens is 382 g/mol. The van der Waals surface area contributed by atoms with Gasteiger partial charge in [0.05, 0.1) is 18.1 Å². The molecule has 2 amide bonds. The Morgan fingerprint density at radius 1 is 1.14 bits per heavy atom. The molecule has 6 nitrogen and oxygen atoms in total. The molecule has 3 fully saturated rings. The van der Waals surface area contributed by atoms with E-state index in [1.807, 2.05) is 4.90 Å². The third-order valence-electron chi connectivity index (χ3n) is 6.58. The first-order valence-electron chi connectivity index (χ1n) is 10.2. The number of benzene rings is 1. The maximum atomic E-state index is 14.8. The monoisotopic (exact) mass is 408 g/mol. The zero-order valence-corrected chi connectivity index (χ0v) is 16.3. The third kappa shape index (κ3) is 4.00. The van der Waals surface area contributed by atoms with Crippen molar-refractivity contribution in [2.24, 2.45) is 5.92 Å². The van der Waals surface area contributed by atoms with Gasteiger partial charge >= 0.3 is 0 Å². The second kappa shape index (κ2) is 7.99. The summed E-state index contributed by atoms with van der Waals surface area (Å²) < 4.78 is 35.6. The third-order valence-corrected chi connectivity index (χ3v) is 6.58. The molecule has 1 spiro atoms. The molecule has 2 N–H and O–H groups in total. The average Bonchev–Trinajstić information content (AvgIpc) is 2.70. The summed E-state index contributed by atoms with van der Waals surface area (Å²) in [5.74, 6) is -3.37. The maximum Gasteiger partial charge on any atom is 0.234 e. The maximum absolute atomic E-state index is 14.8. The number of halogens is 2. The summed E-state index contributed by atoms with van der Waals surface area (Å²) in [5, 5.41) is 11.4. The highest BCUT2D eigenvalue weighted by Crippen LogP contribution is 2.39. The highest BCUT2D eigenvalue weighted by atomic mass is 19.1. The van der Waals surface area contributed by atoms with E-state index >= 15 is 0 Å². The van der Waals surface area contributed by atoms with Gasteiger partial charge in [-0.15, -0.1) is 0 Å². The van der Waals surface area contributed by atoms with E-state index in [-0.39, 0.29) is 36.5 Å². The van der Waals surface area contributed by atoms with Gasteiger partial charge in [0, 0.05) is 43.3 Å². The summed E-state index contributed by atoms with van der Waals surface area (Å²) in [4.78, 5) is 25.2. The lowest BCUT2D eigenvalue weighted by atomic mass is 9.81. The number of amides is 2. The van der Waals surface area contributed by atoms with Crippen molar-refractivity contribution in [2.75, 3.05) is 31.2 Å². The molecule has 0 bridgehead atoms. The standard InChI is InChI=1S/C21H26F2N2O4/c22-16-9-14(10-17(23)19(16)15-1-2-18(27)24-20(15)28)25-7-5-21(6-8-25)4-3-13(11-26)12-29-21/h9-10,13,15,26H,1-8,11-12H2,(H,24,27,28)/t13-,15?/m0/s1. The van der Waals surface area contributed by atoms with Gasteiger partial charge in [-0.1, -0.05) is 0 Å². The minimum absolute atomic E-state index is 0.0718. The SMILES string of the molecule is O=C1CCC(c2c(F)cc(N3CCC4(CC[C@@H](CO)CO4)CC3)cc2F)C(=O)N1. The highest BCUT2D eigenvalue weighted by Gasteiger charge is 2.39. The summed E-state index contributed by atoms with van der Waals surface area (Å²) in [6, 6.07) is 2.56. The average molecular weight is 408 g/mol. The summed E-state index contributed by atoms with van der Waals surface area (Å²) in [6.07, 6.45) is 3.54. The first-order valence-corrected chi connectivity index (χ1v) is 10.2. The van der Waals surface area contributed by atoms with E-state index in [2.05, 4.69) is 5.32 Å². The number of piperidine rings is 2. The fraction of sp³-hybridized carbons (Fsp3) is 0.619. The molecule has 4 rings (SSSR count). The quantitative estimate of drug-likeness (QED) is 0.750. The zero-order chi connectivity index (χ0) is 20.6. The van der Waals surface area contributed by atoms with E-state index < -0.39 is 29.4 Å². The Morgan fingerprint density at radius 3 is 2.38 bits per heavy atom. The molecule has 3 saturated heterocycles. The van der Waals surface area contributed by atoms with Gasteiger partial charge in [-0.3, -0.25) is 14.9 Å². The summed E-state index contributed by atoms with van der Waals surface area (Å²) in [6.45, 7) is 1.95. The number of hydrogen-bond acceptors (Lipinski definition) is 5. The second-order valence-electron chi connectivity index (χ2n) is 8.40. The molecule has 158 valence electrons. The lowest BCUT2D eigenvalue weighted by molar-refractivity contribution is -0.134. The Morgan fingerprint density at radius 2 is 1.83 bits per heavy atom. The van der Waals surface area contributed by atoms with Crippen molar-refractivity contribution in [3.8, 4) is 0 Å². The molecule has 3 heterocycles. The van der Waals surface area contributed by atoms with Gasteiger partial charge in [-0.2, -0.15) is 0 Å².